The third-order valence-corrected chi connectivity index (χ3v) is 4.15. The fourth-order valence-electron chi connectivity index (χ4n) is 2.96. The normalized spacial score (nSPS) is 10.8. The summed E-state index contributed by atoms with van der Waals surface area (Å²) in [5, 5.41) is 0.860. The molecule has 0 atom stereocenters. The van der Waals surface area contributed by atoms with Crippen molar-refractivity contribution >= 4 is 11.0 Å². The number of fused-ring (bicyclic) bond motifs is 1. The highest BCUT2D eigenvalue weighted by atomic mass is 16.5. The molecule has 0 bridgehead atoms. The lowest BCUT2D eigenvalue weighted by Crippen LogP contribution is -2.10. The predicted octanol–water partition coefficient (Wildman–Crippen LogP) is 3.67. The third-order valence-electron chi connectivity index (χ3n) is 4.15. The summed E-state index contributed by atoms with van der Waals surface area (Å²) in [5.74, 6) is 1.26. The minimum Gasteiger partial charge on any atom is -0.497 e. The van der Waals surface area contributed by atoms with Crippen molar-refractivity contribution in [1.82, 2.24) is 0 Å². The highest BCUT2D eigenvalue weighted by molar-refractivity contribution is 5.89. The number of rotatable bonds is 6. The molecule has 0 fully saturated rings. The molecule has 3 aromatic rings. The first-order valence-corrected chi connectivity index (χ1v) is 7.95. The largest absolute Gasteiger partial charge is 0.497 e. The predicted molar refractivity (Wildman–Crippen MR) is 96.6 cm³/mol. The van der Waals surface area contributed by atoms with Gasteiger partial charge < -0.3 is 18.6 Å². The maximum atomic E-state index is 12.8. The lowest BCUT2D eigenvalue weighted by Gasteiger charge is -2.14. The van der Waals surface area contributed by atoms with Crippen molar-refractivity contribution in [3.8, 4) is 22.6 Å². The summed E-state index contributed by atoms with van der Waals surface area (Å²) in [6.07, 6.45) is 0.582. The molecule has 25 heavy (non-hydrogen) atoms. The zero-order valence-electron chi connectivity index (χ0n) is 14.5. The Hall–Kier alpha value is -2.79. The van der Waals surface area contributed by atoms with Crippen molar-refractivity contribution in [3.05, 3.63) is 58.4 Å². The Balaban J connectivity index is 2.33. The standard InChI is InChI=1S/C20H20O5/c1-22-11-10-15-14-9-8-13(23-2)12-18(14)25-20(21)19(15)16-6-4-5-7-17(16)24-3/h4-9,12H,10-11H2,1-3H3. The molecule has 0 unspecified atom stereocenters. The highest BCUT2D eigenvalue weighted by Crippen LogP contribution is 2.34. The average Bonchev–Trinajstić information content (AvgIpc) is 2.65. The van der Waals surface area contributed by atoms with Crippen molar-refractivity contribution in [1.29, 1.82) is 0 Å². The molecule has 5 nitrogen and oxygen atoms in total. The van der Waals surface area contributed by atoms with Gasteiger partial charge in [-0.25, -0.2) is 4.79 Å². The first-order valence-electron chi connectivity index (χ1n) is 7.95. The van der Waals surface area contributed by atoms with E-state index in [9.17, 15) is 4.79 Å². The SMILES string of the molecule is COCCc1c(-c2ccccc2OC)c(=O)oc2cc(OC)ccc12. The minimum atomic E-state index is -0.406. The molecule has 0 aliphatic rings. The van der Waals surface area contributed by atoms with E-state index in [2.05, 4.69) is 0 Å². The molecule has 0 amide bonds. The summed E-state index contributed by atoms with van der Waals surface area (Å²) in [4.78, 5) is 12.8. The molecule has 130 valence electrons. The smallest absolute Gasteiger partial charge is 0.344 e. The fraction of sp³-hybridized carbons (Fsp3) is 0.250. The Morgan fingerprint density at radius 2 is 1.80 bits per heavy atom. The van der Waals surface area contributed by atoms with Crippen LogP contribution in [0.5, 0.6) is 11.5 Å². The van der Waals surface area contributed by atoms with E-state index in [4.69, 9.17) is 18.6 Å². The monoisotopic (exact) mass is 340 g/mol. The van der Waals surface area contributed by atoms with E-state index in [0.717, 1.165) is 10.9 Å². The molecule has 3 rings (SSSR count). The lowest BCUT2D eigenvalue weighted by atomic mass is 9.95. The molecular weight excluding hydrogens is 320 g/mol. The van der Waals surface area contributed by atoms with Crippen molar-refractivity contribution in [3.63, 3.8) is 0 Å². The number of hydrogen-bond donors (Lipinski definition) is 0. The lowest BCUT2D eigenvalue weighted by molar-refractivity contribution is 0.202. The average molecular weight is 340 g/mol. The summed E-state index contributed by atoms with van der Waals surface area (Å²) < 4.78 is 21.5. The van der Waals surface area contributed by atoms with Gasteiger partial charge in [-0.15, -0.1) is 0 Å². The van der Waals surface area contributed by atoms with Gasteiger partial charge in [-0.1, -0.05) is 18.2 Å². The van der Waals surface area contributed by atoms with Gasteiger partial charge in [-0.05, 0) is 30.2 Å². The maximum Gasteiger partial charge on any atom is 0.344 e. The van der Waals surface area contributed by atoms with Gasteiger partial charge in [-0.2, -0.15) is 0 Å². The molecular formula is C20H20O5. The summed E-state index contributed by atoms with van der Waals surface area (Å²) >= 11 is 0. The maximum absolute atomic E-state index is 12.8. The molecule has 2 aromatic carbocycles. The quantitative estimate of drug-likeness (QED) is 0.641. The van der Waals surface area contributed by atoms with Crippen LogP contribution in [0.1, 0.15) is 5.56 Å². The van der Waals surface area contributed by atoms with Crippen LogP contribution in [0, 0.1) is 0 Å². The van der Waals surface area contributed by atoms with Gasteiger partial charge in [0.15, 0.2) is 0 Å². The number of hydrogen-bond acceptors (Lipinski definition) is 5. The molecule has 0 aliphatic carbocycles. The van der Waals surface area contributed by atoms with Gasteiger partial charge in [0.25, 0.3) is 0 Å². The molecule has 0 radical (unpaired) electrons. The molecule has 1 heterocycles. The third kappa shape index (κ3) is 3.23. The van der Waals surface area contributed by atoms with Crippen LogP contribution in [-0.2, 0) is 11.2 Å². The second-order valence-corrected chi connectivity index (χ2v) is 5.55. The Bertz CT molecular complexity index is 942. The summed E-state index contributed by atoms with van der Waals surface area (Å²) in [7, 11) is 4.80. The Labute approximate surface area is 145 Å². The van der Waals surface area contributed by atoms with Crippen LogP contribution in [0.15, 0.2) is 51.7 Å². The highest BCUT2D eigenvalue weighted by Gasteiger charge is 2.19. The van der Waals surface area contributed by atoms with Crippen LogP contribution in [0.25, 0.3) is 22.1 Å². The van der Waals surface area contributed by atoms with Gasteiger partial charge in [0.05, 0.1) is 26.4 Å². The van der Waals surface area contributed by atoms with Gasteiger partial charge in [0.1, 0.15) is 17.1 Å². The van der Waals surface area contributed by atoms with Crippen molar-refractivity contribution < 1.29 is 18.6 Å². The van der Waals surface area contributed by atoms with Crippen LogP contribution in [-0.4, -0.2) is 27.9 Å². The summed E-state index contributed by atoms with van der Waals surface area (Å²) in [5.41, 5.74) is 2.18. The topological polar surface area (TPSA) is 57.9 Å². The van der Waals surface area contributed by atoms with E-state index in [1.807, 2.05) is 36.4 Å². The minimum absolute atomic E-state index is 0.406. The zero-order valence-corrected chi connectivity index (χ0v) is 14.5. The van der Waals surface area contributed by atoms with E-state index in [1.54, 1.807) is 27.4 Å². The van der Waals surface area contributed by atoms with Crippen molar-refractivity contribution in [2.45, 2.75) is 6.42 Å². The van der Waals surface area contributed by atoms with Gasteiger partial charge in [0, 0.05) is 24.1 Å². The first kappa shape index (κ1) is 17.0. The second-order valence-electron chi connectivity index (χ2n) is 5.55. The van der Waals surface area contributed by atoms with E-state index in [0.29, 0.717) is 41.2 Å². The Kier molecular flexibility index (Phi) is 5.05. The molecule has 0 saturated carbocycles. The Morgan fingerprint density at radius 1 is 1.00 bits per heavy atom. The number of ether oxygens (including phenoxy) is 3. The molecule has 0 aliphatic heterocycles. The Morgan fingerprint density at radius 3 is 2.52 bits per heavy atom. The number of para-hydroxylation sites is 1. The fourth-order valence-corrected chi connectivity index (χ4v) is 2.96. The van der Waals surface area contributed by atoms with Gasteiger partial charge >= 0.3 is 5.63 Å². The number of methoxy groups -OCH3 is 3. The molecule has 0 spiro atoms. The van der Waals surface area contributed by atoms with Crippen molar-refractivity contribution in [2.75, 3.05) is 27.9 Å². The molecule has 5 heteroatoms. The van der Waals surface area contributed by atoms with E-state index >= 15 is 0 Å². The van der Waals surface area contributed by atoms with Crippen LogP contribution >= 0.6 is 0 Å². The van der Waals surface area contributed by atoms with Crippen LogP contribution < -0.4 is 15.1 Å². The van der Waals surface area contributed by atoms with Crippen molar-refractivity contribution in [2.24, 2.45) is 0 Å². The van der Waals surface area contributed by atoms with Crippen LogP contribution in [0.4, 0.5) is 0 Å². The van der Waals surface area contributed by atoms with Crippen LogP contribution in [0.2, 0.25) is 0 Å². The molecule has 1 aromatic heterocycles. The van der Waals surface area contributed by atoms with E-state index in [-0.39, 0.29) is 0 Å². The van der Waals surface area contributed by atoms with E-state index < -0.39 is 5.63 Å². The first-order chi connectivity index (χ1) is 12.2. The second kappa shape index (κ2) is 7.40. The van der Waals surface area contributed by atoms with Gasteiger partial charge in [0.2, 0.25) is 0 Å². The number of benzene rings is 2. The van der Waals surface area contributed by atoms with E-state index in [1.165, 1.54) is 0 Å². The molecule has 0 N–H and O–H groups in total. The zero-order chi connectivity index (χ0) is 17.8. The van der Waals surface area contributed by atoms with Crippen LogP contribution in [0.3, 0.4) is 0 Å². The molecule has 0 saturated heterocycles. The summed E-state index contributed by atoms with van der Waals surface area (Å²) in [6, 6.07) is 12.9. The summed E-state index contributed by atoms with van der Waals surface area (Å²) in [6.45, 7) is 0.493. The van der Waals surface area contributed by atoms with Gasteiger partial charge in [-0.3, -0.25) is 0 Å².